The average Bonchev–Trinajstić information content (AvgIpc) is 2.70. The molecule has 3 nitrogen and oxygen atoms in total. The topological polar surface area (TPSA) is 57.5 Å². The van der Waals surface area contributed by atoms with Gasteiger partial charge in [0.1, 0.15) is 0 Å². The van der Waals surface area contributed by atoms with E-state index in [1.165, 1.54) is 122 Å². The Balaban J connectivity index is 3.07. The molecule has 0 amide bonds. The minimum atomic E-state index is -0.812. The van der Waals surface area contributed by atoms with E-state index >= 15 is 0 Å². The molecule has 0 bridgehead atoms. The maximum absolute atomic E-state index is 10.5. The zero-order chi connectivity index (χ0) is 21.4. The Hall–Kier alpha value is -0.570. The standard InChI is InChI=1S/C26H52O3/c1-2-3-4-5-6-7-8-9-10-11-12-13-14-15-16-17-18-19-20-21-22-25(27)23-24-26(28)29/h25,27H,2-24H2,1H3,(H,28,29). The number of aliphatic hydroxyl groups excluding tert-OH is 1. The second-order valence-electron chi connectivity index (χ2n) is 9.09. The van der Waals surface area contributed by atoms with Gasteiger partial charge in [0.2, 0.25) is 0 Å². The number of rotatable bonds is 24. The van der Waals surface area contributed by atoms with Gasteiger partial charge in [0.25, 0.3) is 0 Å². The van der Waals surface area contributed by atoms with Crippen LogP contribution in [0.1, 0.15) is 155 Å². The summed E-state index contributed by atoms with van der Waals surface area (Å²) in [5.41, 5.74) is 0. The Morgan fingerprint density at radius 1 is 0.552 bits per heavy atom. The molecule has 174 valence electrons. The van der Waals surface area contributed by atoms with Crippen LogP contribution in [0.15, 0.2) is 0 Å². The van der Waals surface area contributed by atoms with Crippen molar-refractivity contribution in [2.24, 2.45) is 0 Å². The molecule has 0 rings (SSSR count). The van der Waals surface area contributed by atoms with Crippen LogP contribution in [0.2, 0.25) is 0 Å². The Morgan fingerprint density at radius 3 is 1.17 bits per heavy atom. The van der Waals surface area contributed by atoms with Gasteiger partial charge in [-0.1, -0.05) is 135 Å². The van der Waals surface area contributed by atoms with Crippen LogP contribution in [0.5, 0.6) is 0 Å². The molecular formula is C26H52O3. The predicted octanol–water partition coefficient (Wildman–Crippen LogP) is 8.42. The summed E-state index contributed by atoms with van der Waals surface area (Å²) < 4.78 is 0. The summed E-state index contributed by atoms with van der Waals surface area (Å²) in [4.78, 5) is 10.5. The van der Waals surface area contributed by atoms with Crippen molar-refractivity contribution < 1.29 is 15.0 Å². The van der Waals surface area contributed by atoms with E-state index in [-0.39, 0.29) is 6.42 Å². The number of carboxylic acid groups (broad SMARTS) is 1. The quantitative estimate of drug-likeness (QED) is 0.156. The molecule has 0 aromatic heterocycles. The fourth-order valence-electron chi connectivity index (χ4n) is 4.07. The summed E-state index contributed by atoms with van der Waals surface area (Å²) in [7, 11) is 0. The highest BCUT2D eigenvalue weighted by atomic mass is 16.4. The van der Waals surface area contributed by atoms with E-state index in [1.807, 2.05) is 0 Å². The van der Waals surface area contributed by atoms with Crippen molar-refractivity contribution in [1.82, 2.24) is 0 Å². The van der Waals surface area contributed by atoms with Gasteiger partial charge in [0.05, 0.1) is 6.10 Å². The molecule has 0 radical (unpaired) electrons. The molecule has 0 aliphatic carbocycles. The van der Waals surface area contributed by atoms with Gasteiger partial charge in [-0.2, -0.15) is 0 Å². The summed E-state index contributed by atoms with van der Waals surface area (Å²) in [5.74, 6) is -0.812. The first-order chi connectivity index (χ1) is 14.2. The number of unbranched alkanes of at least 4 members (excludes halogenated alkanes) is 19. The van der Waals surface area contributed by atoms with Crippen molar-refractivity contribution in [3.05, 3.63) is 0 Å². The van der Waals surface area contributed by atoms with E-state index in [2.05, 4.69) is 6.92 Å². The molecule has 0 saturated carbocycles. The van der Waals surface area contributed by atoms with Crippen LogP contribution in [0, 0.1) is 0 Å². The van der Waals surface area contributed by atoms with Crippen LogP contribution in [0.25, 0.3) is 0 Å². The van der Waals surface area contributed by atoms with Gasteiger partial charge in [-0.05, 0) is 12.8 Å². The maximum atomic E-state index is 10.5. The van der Waals surface area contributed by atoms with E-state index in [0.29, 0.717) is 6.42 Å². The maximum Gasteiger partial charge on any atom is 0.303 e. The lowest BCUT2D eigenvalue weighted by atomic mass is 10.0. The molecule has 2 N–H and O–H groups in total. The molecule has 3 heteroatoms. The summed E-state index contributed by atoms with van der Waals surface area (Å²) >= 11 is 0. The fourth-order valence-corrected chi connectivity index (χ4v) is 4.07. The highest BCUT2D eigenvalue weighted by Gasteiger charge is 2.06. The van der Waals surface area contributed by atoms with Crippen molar-refractivity contribution in [1.29, 1.82) is 0 Å². The van der Waals surface area contributed by atoms with Gasteiger partial charge >= 0.3 is 5.97 Å². The summed E-state index contributed by atoms with van der Waals surface area (Å²) in [5, 5.41) is 18.3. The molecule has 0 aliphatic rings. The highest BCUT2D eigenvalue weighted by Crippen LogP contribution is 2.15. The molecule has 0 heterocycles. The second-order valence-corrected chi connectivity index (χ2v) is 9.09. The van der Waals surface area contributed by atoms with Gasteiger partial charge in [-0.15, -0.1) is 0 Å². The van der Waals surface area contributed by atoms with Crippen LogP contribution >= 0.6 is 0 Å². The lowest BCUT2D eigenvalue weighted by Crippen LogP contribution is -2.09. The van der Waals surface area contributed by atoms with Crippen molar-refractivity contribution in [2.45, 2.75) is 161 Å². The van der Waals surface area contributed by atoms with Crippen LogP contribution in [-0.4, -0.2) is 22.3 Å². The number of aliphatic hydroxyl groups is 1. The van der Waals surface area contributed by atoms with Gasteiger partial charge in [0, 0.05) is 6.42 Å². The summed E-state index contributed by atoms with van der Waals surface area (Å²) in [6.07, 6.45) is 28.3. The van der Waals surface area contributed by atoms with E-state index < -0.39 is 12.1 Å². The Morgan fingerprint density at radius 2 is 0.862 bits per heavy atom. The number of aliphatic carboxylic acids is 1. The fraction of sp³-hybridized carbons (Fsp3) is 0.962. The van der Waals surface area contributed by atoms with Crippen LogP contribution in [-0.2, 0) is 4.79 Å². The molecule has 0 aromatic rings. The van der Waals surface area contributed by atoms with E-state index in [1.54, 1.807) is 0 Å². The molecule has 1 unspecified atom stereocenters. The van der Waals surface area contributed by atoms with E-state index in [9.17, 15) is 9.90 Å². The summed E-state index contributed by atoms with van der Waals surface area (Å²) in [6.45, 7) is 2.28. The van der Waals surface area contributed by atoms with Crippen molar-refractivity contribution in [3.63, 3.8) is 0 Å². The largest absolute Gasteiger partial charge is 0.481 e. The SMILES string of the molecule is CCCCCCCCCCCCCCCCCCCCCCC(O)CCC(=O)O. The molecule has 0 aliphatic heterocycles. The normalized spacial score (nSPS) is 12.3. The third-order valence-corrected chi connectivity index (χ3v) is 6.08. The zero-order valence-corrected chi connectivity index (χ0v) is 19.6. The third-order valence-electron chi connectivity index (χ3n) is 6.08. The first kappa shape index (κ1) is 28.4. The first-order valence-electron chi connectivity index (χ1n) is 13.1. The molecule has 1 atom stereocenters. The number of carbonyl (C=O) groups is 1. The Bertz CT molecular complexity index is 330. The predicted molar refractivity (Wildman–Crippen MR) is 126 cm³/mol. The average molecular weight is 413 g/mol. The van der Waals surface area contributed by atoms with Crippen molar-refractivity contribution in [3.8, 4) is 0 Å². The van der Waals surface area contributed by atoms with Gasteiger partial charge in [-0.3, -0.25) is 4.79 Å². The number of hydrogen-bond acceptors (Lipinski definition) is 2. The lowest BCUT2D eigenvalue weighted by molar-refractivity contribution is -0.137. The molecule has 0 spiro atoms. The Kier molecular flexibility index (Phi) is 23.2. The zero-order valence-electron chi connectivity index (χ0n) is 19.6. The monoisotopic (exact) mass is 412 g/mol. The van der Waals surface area contributed by atoms with Gasteiger partial charge < -0.3 is 10.2 Å². The molecule has 0 fully saturated rings. The van der Waals surface area contributed by atoms with E-state index in [4.69, 9.17) is 5.11 Å². The molecular weight excluding hydrogens is 360 g/mol. The van der Waals surface area contributed by atoms with Crippen molar-refractivity contribution in [2.75, 3.05) is 0 Å². The minimum Gasteiger partial charge on any atom is -0.481 e. The van der Waals surface area contributed by atoms with Gasteiger partial charge in [0.15, 0.2) is 0 Å². The molecule has 0 saturated heterocycles. The van der Waals surface area contributed by atoms with E-state index in [0.717, 1.165) is 12.8 Å². The Labute approximate surface area is 182 Å². The first-order valence-corrected chi connectivity index (χ1v) is 13.1. The second kappa shape index (κ2) is 23.7. The number of carboxylic acids is 1. The van der Waals surface area contributed by atoms with Gasteiger partial charge in [-0.25, -0.2) is 0 Å². The lowest BCUT2D eigenvalue weighted by Gasteiger charge is -2.08. The molecule has 29 heavy (non-hydrogen) atoms. The van der Waals surface area contributed by atoms with Crippen LogP contribution in [0.4, 0.5) is 0 Å². The number of hydrogen-bond donors (Lipinski definition) is 2. The summed E-state index contributed by atoms with van der Waals surface area (Å²) in [6, 6.07) is 0. The van der Waals surface area contributed by atoms with Crippen LogP contribution < -0.4 is 0 Å². The van der Waals surface area contributed by atoms with Crippen LogP contribution in [0.3, 0.4) is 0 Å². The molecule has 0 aromatic carbocycles. The van der Waals surface area contributed by atoms with Crippen molar-refractivity contribution >= 4 is 5.97 Å². The smallest absolute Gasteiger partial charge is 0.303 e. The third kappa shape index (κ3) is 25.4. The highest BCUT2D eigenvalue weighted by molar-refractivity contribution is 5.66. The minimum absolute atomic E-state index is 0.0837.